The maximum Gasteiger partial charge on any atom is 0.323 e. The summed E-state index contributed by atoms with van der Waals surface area (Å²) in [6.07, 6.45) is 7.29. The van der Waals surface area contributed by atoms with Gasteiger partial charge >= 0.3 is 6.01 Å². The SMILES string of the molecule is C=CCCOc1nc(NCCC)nc(N2CCCCC2)n1. The molecule has 6 nitrogen and oxygen atoms in total. The molecule has 21 heavy (non-hydrogen) atoms. The van der Waals surface area contributed by atoms with E-state index in [-0.39, 0.29) is 0 Å². The van der Waals surface area contributed by atoms with E-state index in [2.05, 4.69) is 38.7 Å². The molecule has 2 rings (SSSR count). The summed E-state index contributed by atoms with van der Waals surface area (Å²) in [4.78, 5) is 15.5. The van der Waals surface area contributed by atoms with Crippen LogP contribution >= 0.6 is 0 Å². The Hall–Kier alpha value is -1.85. The molecule has 1 aliphatic heterocycles. The van der Waals surface area contributed by atoms with Crippen LogP contribution in [0.1, 0.15) is 39.0 Å². The van der Waals surface area contributed by atoms with Crippen LogP contribution in [-0.2, 0) is 0 Å². The summed E-state index contributed by atoms with van der Waals surface area (Å²) in [5, 5.41) is 3.22. The number of anilines is 2. The summed E-state index contributed by atoms with van der Waals surface area (Å²) in [6.45, 7) is 9.19. The van der Waals surface area contributed by atoms with E-state index >= 15 is 0 Å². The number of ether oxygens (including phenoxy) is 1. The van der Waals surface area contributed by atoms with Crippen LogP contribution in [0.5, 0.6) is 6.01 Å². The summed E-state index contributed by atoms with van der Waals surface area (Å²) in [6, 6.07) is 0.394. The van der Waals surface area contributed by atoms with Crippen LogP contribution < -0.4 is 15.0 Å². The fourth-order valence-electron chi connectivity index (χ4n) is 2.20. The quantitative estimate of drug-likeness (QED) is 0.587. The number of hydrogen-bond acceptors (Lipinski definition) is 6. The second kappa shape index (κ2) is 8.44. The third-order valence-corrected chi connectivity index (χ3v) is 3.33. The van der Waals surface area contributed by atoms with Gasteiger partial charge in [-0.05, 0) is 32.1 Å². The van der Waals surface area contributed by atoms with Crippen molar-refractivity contribution in [2.75, 3.05) is 36.5 Å². The Labute approximate surface area is 126 Å². The summed E-state index contributed by atoms with van der Waals surface area (Å²) >= 11 is 0. The minimum atomic E-state index is 0.394. The van der Waals surface area contributed by atoms with Crippen molar-refractivity contribution in [3.05, 3.63) is 12.7 Å². The van der Waals surface area contributed by atoms with E-state index in [1.807, 2.05) is 6.08 Å². The fraction of sp³-hybridized carbons (Fsp3) is 0.667. The van der Waals surface area contributed by atoms with Crippen LogP contribution in [0, 0.1) is 0 Å². The Morgan fingerprint density at radius 3 is 2.76 bits per heavy atom. The van der Waals surface area contributed by atoms with Gasteiger partial charge in [0.2, 0.25) is 11.9 Å². The van der Waals surface area contributed by atoms with E-state index in [4.69, 9.17) is 4.74 Å². The van der Waals surface area contributed by atoms with Crippen molar-refractivity contribution in [3.8, 4) is 6.01 Å². The second-order valence-corrected chi connectivity index (χ2v) is 5.14. The van der Waals surface area contributed by atoms with Gasteiger partial charge in [0, 0.05) is 19.6 Å². The second-order valence-electron chi connectivity index (χ2n) is 5.14. The van der Waals surface area contributed by atoms with Crippen molar-refractivity contribution >= 4 is 11.9 Å². The smallest absolute Gasteiger partial charge is 0.323 e. The highest BCUT2D eigenvalue weighted by Gasteiger charge is 2.16. The van der Waals surface area contributed by atoms with Gasteiger partial charge in [0.05, 0.1) is 6.61 Å². The Bertz CT molecular complexity index is 446. The van der Waals surface area contributed by atoms with Gasteiger partial charge in [-0.3, -0.25) is 0 Å². The molecule has 0 aliphatic carbocycles. The van der Waals surface area contributed by atoms with E-state index in [1.54, 1.807) is 0 Å². The van der Waals surface area contributed by atoms with Gasteiger partial charge < -0.3 is 15.0 Å². The van der Waals surface area contributed by atoms with Crippen molar-refractivity contribution < 1.29 is 4.74 Å². The van der Waals surface area contributed by atoms with E-state index in [9.17, 15) is 0 Å². The highest BCUT2D eigenvalue weighted by atomic mass is 16.5. The molecule has 116 valence electrons. The molecule has 1 aromatic rings. The number of aromatic nitrogens is 3. The molecule has 0 atom stereocenters. The zero-order chi connectivity index (χ0) is 14.9. The van der Waals surface area contributed by atoms with E-state index < -0.39 is 0 Å². The van der Waals surface area contributed by atoms with Gasteiger partial charge in [0.1, 0.15) is 0 Å². The first-order chi connectivity index (χ1) is 10.3. The summed E-state index contributed by atoms with van der Waals surface area (Å²) in [5.74, 6) is 1.32. The van der Waals surface area contributed by atoms with E-state index in [0.29, 0.717) is 18.6 Å². The van der Waals surface area contributed by atoms with E-state index in [1.165, 1.54) is 19.3 Å². The molecule has 0 amide bonds. The lowest BCUT2D eigenvalue weighted by Crippen LogP contribution is -2.31. The molecule has 0 unspecified atom stereocenters. The highest BCUT2D eigenvalue weighted by Crippen LogP contribution is 2.19. The highest BCUT2D eigenvalue weighted by molar-refractivity contribution is 5.38. The zero-order valence-corrected chi connectivity index (χ0v) is 12.8. The van der Waals surface area contributed by atoms with Crippen LogP contribution in [-0.4, -0.2) is 41.2 Å². The lowest BCUT2D eigenvalue weighted by atomic mass is 10.1. The first kappa shape index (κ1) is 15.5. The summed E-state index contributed by atoms with van der Waals surface area (Å²) in [5.41, 5.74) is 0. The van der Waals surface area contributed by atoms with E-state index in [0.717, 1.165) is 38.4 Å². The maximum atomic E-state index is 5.60. The number of nitrogens with one attached hydrogen (secondary N) is 1. The van der Waals surface area contributed by atoms with Gasteiger partial charge in [0.15, 0.2) is 0 Å². The molecule has 0 saturated carbocycles. The Balaban J connectivity index is 2.12. The monoisotopic (exact) mass is 291 g/mol. The molecule has 0 spiro atoms. The average Bonchev–Trinajstić information content (AvgIpc) is 2.54. The Morgan fingerprint density at radius 2 is 2.05 bits per heavy atom. The van der Waals surface area contributed by atoms with Crippen LogP contribution in [0.25, 0.3) is 0 Å². The van der Waals surface area contributed by atoms with Crippen LogP contribution in [0.4, 0.5) is 11.9 Å². The minimum Gasteiger partial charge on any atom is -0.463 e. The number of rotatable bonds is 8. The minimum absolute atomic E-state index is 0.394. The van der Waals surface area contributed by atoms with Crippen molar-refractivity contribution in [1.82, 2.24) is 15.0 Å². The van der Waals surface area contributed by atoms with Gasteiger partial charge in [-0.15, -0.1) is 6.58 Å². The first-order valence-corrected chi connectivity index (χ1v) is 7.82. The molecular formula is C15H25N5O. The van der Waals surface area contributed by atoms with Crippen molar-refractivity contribution in [3.63, 3.8) is 0 Å². The van der Waals surface area contributed by atoms with Gasteiger partial charge in [-0.25, -0.2) is 0 Å². The largest absolute Gasteiger partial charge is 0.463 e. The van der Waals surface area contributed by atoms with Crippen LogP contribution in [0.3, 0.4) is 0 Å². The lowest BCUT2D eigenvalue weighted by molar-refractivity contribution is 0.298. The third-order valence-electron chi connectivity index (χ3n) is 3.33. The summed E-state index contributed by atoms with van der Waals surface area (Å²) in [7, 11) is 0. The lowest BCUT2D eigenvalue weighted by Gasteiger charge is -2.26. The molecule has 6 heteroatoms. The predicted molar refractivity (Wildman–Crippen MR) is 85.0 cm³/mol. The Morgan fingerprint density at radius 1 is 1.24 bits per heavy atom. The maximum absolute atomic E-state index is 5.60. The molecule has 1 aromatic heterocycles. The standard InChI is InChI=1S/C15H25N5O/c1-3-5-12-21-15-18-13(16-9-4-2)17-14(19-15)20-10-7-6-8-11-20/h3H,1,4-12H2,2H3,(H,16,17,18,19). The van der Waals surface area contributed by atoms with Gasteiger partial charge in [0.25, 0.3) is 0 Å². The van der Waals surface area contributed by atoms with Gasteiger partial charge in [-0.2, -0.15) is 15.0 Å². The van der Waals surface area contributed by atoms with Crippen molar-refractivity contribution in [1.29, 1.82) is 0 Å². The first-order valence-electron chi connectivity index (χ1n) is 7.82. The predicted octanol–water partition coefficient (Wildman–Crippen LogP) is 2.64. The molecule has 2 heterocycles. The van der Waals surface area contributed by atoms with Gasteiger partial charge in [-0.1, -0.05) is 13.0 Å². The Kier molecular flexibility index (Phi) is 6.24. The van der Waals surface area contributed by atoms with Crippen molar-refractivity contribution in [2.45, 2.75) is 39.0 Å². The van der Waals surface area contributed by atoms with Crippen molar-refractivity contribution in [2.24, 2.45) is 0 Å². The number of nitrogens with zero attached hydrogens (tertiary/aromatic N) is 4. The molecule has 1 saturated heterocycles. The van der Waals surface area contributed by atoms with Crippen LogP contribution in [0.2, 0.25) is 0 Å². The molecular weight excluding hydrogens is 266 g/mol. The van der Waals surface area contributed by atoms with Crippen LogP contribution in [0.15, 0.2) is 12.7 Å². The fourth-order valence-corrected chi connectivity index (χ4v) is 2.20. The molecule has 0 bridgehead atoms. The summed E-state index contributed by atoms with van der Waals surface area (Å²) < 4.78 is 5.60. The normalized spacial score (nSPS) is 14.8. The topological polar surface area (TPSA) is 63.2 Å². The molecule has 1 fully saturated rings. The molecule has 1 N–H and O–H groups in total. The zero-order valence-electron chi connectivity index (χ0n) is 12.8. The molecule has 0 aromatic carbocycles. The average molecular weight is 291 g/mol. The molecule has 0 radical (unpaired) electrons. The molecule has 1 aliphatic rings. The third kappa shape index (κ3) is 4.88. The number of hydrogen-bond donors (Lipinski definition) is 1. The number of piperidine rings is 1.